The van der Waals surface area contributed by atoms with Crippen LogP contribution in [0, 0.1) is 0 Å². The number of rotatable bonds is 7. The van der Waals surface area contributed by atoms with Gasteiger partial charge in [-0.25, -0.2) is 19.7 Å². The van der Waals surface area contributed by atoms with E-state index in [0.29, 0.717) is 28.0 Å². The first-order valence-corrected chi connectivity index (χ1v) is 13.4. The lowest BCUT2D eigenvalue weighted by atomic mass is 10.00. The fraction of sp³-hybridized carbons (Fsp3) is 0.259. The molecule has 11 nitrogen and oxygen atoms in total. The molecule has 198 valence electrons. The molecule has 0 bridgehead atoms. The SMILES string of the molecule is C=CC(=O)N[C@H]1CCC[C@H]1NC(=O)C1Sc2nccc3c2C1NC(=O)N3c1ccc(Oc2cccnc2)cn1. The lowest BCUT2D eigenvalue weighted by Gasteiger charge is -2.33. The molecule has 2 aliphatic heterocycles. The number of amides is 4. The monoisotopic (exact) mass is 543 g/mol. The van der Waals surface area contributed by atoms with Crippen molar-refractivity contribution in [3.63, 3.8) is 0 Å². The third-order valence-corrected chi connectivity index (χ3v) is 8.23. The Hall–Kier alpha value is -4.45. The first-order valence-electron chi connectivity index (χ1n) is 12.6. The molecule has 39 heavy (non-hydrogen) atoms. The van der Waals surface area contributed by atoms with Crippen LogP contribution in [0.15, 0.2) is 72.8 Å². The van der Waals surface area contributed by atoms with Crippen molar-refractivity contribution in [3.8, 4) is 11.5 Å². The van der Waals surface area contributed by atoms with Gasteiger partial charge in [-0.2, -0.15) is 0 Å². The number of carbonyl (C=O) groups is 3. The van der Waals surface area contributed by atoms with Crippen LogP contribution in [-0.4, -0.2) is 50.1 Å². The molecule has 3 aromatic heterocycles. The molecule has 3 aliphatic rings. The third kappa shape index (κ3) is 4.78. The van der Waals surface area contributed by atoms with Gasteiger partial charge in [-0.15, -0.1) is 0 Å². The highest BCUT2D eigenvalue weighted by molar-refractivity contribution is 8.01. The van der Waals surface area contributed by atoms with Crippen LogP contribution in [0.2, 0.25) is 0 Å². The van der Waals surface area contributed by atoms with Crippen LogP contribution in [-0.2, 0) is 9.59 Å². The summed E-state index contributed by atoms with van der Waals surface area (Å²) in [5.41, 5.74) is 1.41. The van der Waals surface area contributed by atoms with Crippen LogP contribution in [0.3, 0.4) is 0 Å². The number of ether oxygens (including phenoxy) is 1. The van der Waals surface area contributed by atoms with Gasteiger partial charge in [-0.3, -0.25) is 14.6 Å². The maximum Gasteiger partial charge on any atom is 0.328 e. The minimum Gasteiger partial charge on any atom is -0.454 e. The second-order valence-electron chi connectivity index (χ2n) is 9.36. The Morgan fingerprint density at radius 3 is 2.64 bits per heavy atom. The molecule has 3 aromatic rings. The van der Waals surface area contributed by atoms with E-state index in [0.717, 1.165) is 24.8 Å². The number of pyridine rings is 3. The molecular formula is C27H25N7O4S. The van der Waals surface area contributed by atoms with Gasteiger partial charge in [-0.1, -0.05) is 18.3 Å². The Kier molecular flexibility index (Phi) is 6.61. The summed E-state index contributed by atoms with van der Waals surface area (Å²) in [5.74, 6) is 1.02. The van der Waals surface area contributed by atoms with E-state index >= 15 is 0 Å². The average molecular weight is 544 g/mol. The maximum atomic E-state index is 13.4. The molecule has 12 heteroatoms. The van der Waals surface area contributed by atoms with Crippen molar-refractivity contribution in [1.29, 1.82) is 0 Å². The minimum atomic E-state index is -0.598. The highest BCUT2D eigenvalue weighted by Crippen LogP contribution is 2.50. The Bertz CT molecular complexity index is 1440. The van der Waals surface area contributed by atoms with E-state index in [1.165, 1.54) is 28.9 Å². The number of nitrogens with zero attached hydrogens (tertiary/aromatic N) is 4. The molecule has 0 radical (unpaired) electrons. The molecule has 1 saturated carbocycles. The quantitative estimate of drug-likeness (QED) is 0.386. The Morgan fingerprint density at radius 1 is 1.08 bits per heavy atom. The van der Waals surface area contributed by atoms with Gasteiger partial charge in [-0.05, 0) is 55.7 Å². The molecule has 5 heterocycles. The third-order valence-electron chi connectivity index (χ3n) is 6.94. The van der Waals surface area contributed by atoms with Crippen molar-refractivity contribution in [1.82, 2.24) is 30.9 Å². The number of hydrogen-bond acceptors (Lipinski definition) is 8. The first kappa shape index (κ1) is 24.9. The van der Waals surface area contributed by atoms with Gasteiger partial charge < -0.3 is 20.7 Å². The second-order valence-corrected chi connectivity index (χ2v) is 10.5. The zero-order valence-corrected chi connectivity index (χ0v) is 21.6. The molecule has 4 amide bonds. The molecule has 0 aromatic carbocycles. The van der Waals surface area contributed by atoms with Gasteiger partial charge in [0.05, 0.1) is 24.1 Å². The number of thioether (sulfide) groups is 1. The summed E-state index contributed by atoms with van der Waals surface area (Å²) in [4.78, 5) is 53.1. The molecule has 1 aliphatic carbocycles. The van der Waals surface area contributed by atoms with Gasteiger partial charge in [0.1, 0.15) is 27.6 Å². The van der Waals surface area contributed by atoms with E-state index in [-0.39, 0.29) is 23.9 Å². The zero-order chi connectivity index (χ0) is 26.9. The molecule has 1 fully saturated rings. The summed E-state index contributed by atoms with van der Waals surface area (Å²) in [5, 5.41) is 9.07. The average Bonchev–Trinajstić information content (AvgIpc) is 3.54. The molecule has 2 unspecified atom stereocenters. The van der Waals surface area contributed by atoms with E-state index in [1.807, 2.05) is 0 Å². The van der Waals surface area contributed by atoms with Crippen LogP contribution in [0.25, 0.3) is 0 Å². The number of nitrogens with one attached hydrogen (secondary N) is 3. The number of anilines is 2. The van der Waals surface area contributed by atoms with Gasteiger partial charge in [0.25, 0.3) is 0 Å². The van der Waals surface area contributed by atoms with E-state index < -0.39 is 17.3 Å². The molecule has 0 spiro atoms. The zero-order valence-electron chi connectivity index (χ0n) is 20.7. The van der Waals surface area contributed by atoms with Gasteiger partial charge in [0.15, 0.2) is 0 Å². The summed E-state index contributed by atoms with van der Waals surface area (Å²) < 4.78 is 5.76. The highest BCUT2D eigenvalue weighted by Gasteiger charge is 2.47. The van der Waals surface area contributed by atoms with Gasteiger partial charge >= 0.3 is 6.03 Å². The topological polar surface area (TPSA) is 138 Å². The predicted octanol–water partition coefficient (Wildman–Crippen LogP) is 3.38. The van der Waals surface area contributed by atoms with Crippen LogP contribution in [0.4, 0.5) is 16.3 Å². The van der Waals surface area contributed by atoms with Crippen molar-refractivity contribution in [2.75, 3.05) is 4.90 Å². The number of urea groups is 1. The standard InChI is InChI=1S/C27H25N7O4S/c1-2-21(35)31-17-6-3-7-18(17)32-25(36)24-23-22-19(10-12-29-26(22)39-24)34(27(37)33-23)20-9-8-16(14-30-20)38-15-5-4-11-28-13-15/h2,4-5,8-14,17-18,23-24H,1,3,6-7H2,(H,31,35)(H,32,36)(H,33,37)/t17-,18+,23?,24?/m0/s1. The van der Waals surface area contributed by atoms with Crippen molar-refractivity contribution in [2.24, 2.45) is 0 Å². The number of aromatic nitrogens is 3. The largest absolute Gasteiger partial charge is 0.454 e. The lowest BCUT2D eigenvalue weighted by molar-refractivity contribution is -0.122. The Morgan fingerprint density at radius 2 is 1.90 bits per heavy atom. The molecule has 3 N–H and O–H groups in total. The van der Waals surface area contributed by atoms with Crippen molar-refractivity contribution < 1.29 is 19.1 Å². The maximum absolute atomic E-state index is 13.4. The summed E-state index contributed by atoms with van der Waals surface area (Å²) in [6.45, 7) is 3.50. The number of hydrogen-bond donors (Lipinski definition) is 3. The van der Waals surface area contributed by atoms with Crippen molar-refractivity contribution in [3.05, 3.63) is 73.3 Å². The molecule has 6 rings (SSSR count). The summed E-state index contributed by atoms with van der Waals surface area (Å²) in [6, 6.07) is 7.45. The van der Waals surface area contributed by atoms with Crippen molar-refractivity contribution >= 4 is 41.1 Å². The second kappa shape index (κ2) is 10.4. The summed E-state index contributed by atoms with van der Waals surface area (Å²) in [7, 11) is 0. The summed E-state index contributed by atoms with van der Waals surface area (Å²) >= 11 is 1.32. The predicted molar refractivity (Wildman–Crippen MR) is 144 cm³/mol. The van der Waals surface area contributed by atoms with Crippen molar-refractivity contribution in [2.45, 2.75) is 47.7 Å². The lowest BCUT2D eigenvalue weighted by Crippen LogP contribution is -2.53. The van der Waals surface area contributed by atoms with Crippen LogP contribution in [0.5, 0.6) is 11.5 Å². The van der Waals surface area contributed by atoms with E-state index in [1.54, 1.807) is 48.9 Å². The smallest absolute Gasteiger partial charge is 0.328 e. The fourth-order valence-corrected chi connectivity index (χ4v) is 6.41. The first-order chi connectivity index (χ1) is 19.0. The minimum absolute atomic E-state index is 0.158. The molecular weight excluding hydrogens is 518 g/mol. The van der Waals surface area contributed by atoms with E-state index in [2.05, 4.69) is 37.5 Å². The normalized spacial score (nSPS) is 23.0. The van der Waals surface area contributed by atoms with Gasteiger partial charge in [0.2, 0.25) is 11.8 Å². The van der Waals surface area contributed by atoms with Crippen LogP contribution < -0.4 is 25.6 Å². The molecule has 0 saturated heterocycles. The number of carbonyl (C=O) groups excluding carboxylic acids is 3. The molecule has 4 atom stereocenters. The van der Waals surface area contributed by atoms with E-state index in [9.17, 15) is 14.4 Å². The highest BCUT2D eigenvalue weighted by atomic mass is 32.2. The Labute approximate surface area is 228 Å². The van der Waals surface area contributed by atoms with Gasteiger partial charge in [0, 0.05) is 30.0 Å². The van der Waals surface area contributed by atoms with Crippen LogP contribution >= 0.6 is 11.8 Å². The fourth-order valence-electron chi connectivity index (χ4n) is 5.17. The Balaban J connectivity index is 1.21. The van der Waals surface area contributed by atoms with E-state index in [4.69, 9.17) is 4.74 Å². The summed E-state index contributed by atoms with van der Waals surface area (Å²) in [6.07, 6.45) is 10.1. The van der Waals surface area contributed by atoms with Crippen LogP contribution in [0.1, 0.15) is 30.9 Å².